The van der Waals surface area contributed by atoms with Gasteiger partial charge in [-0.25, -0.2) is 0 Å². The van der Waals surface area contributed by atoms with Crippen LogP contribution in [0.2, 0.25) is 0 Å². The summed E-state index contributed by atoms with van der Waals surface area (Å²) in [5.74, 6) is 0. The molecule has 0 aliphatic heterocycles. The molecular formula is C42H27NO. The van der Waals surface area contributed by atoms with E-state index in [1.54, 1.807) is 0 Å². The lowest BCUT2D eigenvalue weighted by atomic mass is 9.99. The van der Waals surface area contributed by atoms with Gasteiger partial charge in [0.25, 0.3) is 0 Å². The van der Waals surface area contributed by atoms with Crippen molar-refractivity contribution in [2.24, 2.45) is 0 Å². The Hall–Kier alpha value is -5.86. The molecule has 2 nitrogen and oxygen atoms in total. The molecule has 0 bridgehead atoms. The van der Waals surface area contributed by atoms with Gasteiger partial charge in [-0.1, -0.05) is 121 Å². The fraction of sp³-hybridized carbons (Fsp3) is 0. The standard InChI is InChI=1S/C42H27NO/c1-2-8-28(9-3-1)33-20-24-36-35-10-4-6-12-39(35)43(40(36)27-33)34-22-18-30(19-23-34)29-14-16-31(17-15-29)32-21-25-42-38(26-32)37-11-5-7-13-41(37)44-42/h1-27H. The van der Waals surface area contributed by atoms with Gasteiger partial charge in [0.1, 0.15) is 11.2 Å². The molecule has 0 fully saturated rings. The first-order chi connectivity index (χ1) is 21.8. The van der Waals surface area contributed by atoms with Crippen molar-refractivity contribution in [1.29, 1.82) is 0 Å². The van der Waals surface area contributed by atoms with Gasteiger partial charge >= 0.3 is 0 Å². The highest BCUT2D eigenvalue weighted by atomic mass is 16.3. The van der Waals surface area contributed by atoms with Crippen LogP contribution < -0.4 is 0 Å². The number of fused-ring (bicyclic) bond motifs is 6. The first kappa shape index (κ1) is 24.7. The topological polar surface area (TPSA) is 18.1 Å². The van der Waals surface area contributed by atoms with Gasteiger partial charge in [-0.15, -0.1) is 0 Å². The molecule has 9 rings (SSSR count). The van der Waals surface area contributed by atoms with Gasteiger partial charge in [0, 0.05) is 27.2 Å². The fourth-order valence-corrected chi connectivity index (χ4v) is 6.62. The Morgan fingerprint density at radius 3 is 1.64 bits per heavy atom. The molecule has 0 amide bonds. The molecule has 44 heavy (non-hydrogen) atoms. The quantitative estimate of drug-likeness (QED) is 0.209. The van der Waals surface area contributed by atoms with E-state index in [-0.39, 0.29) is 0 Å². The molecule has 0 aliphatic carbocycles. The molecular weight excluding hydrogens is 534 g/mol. The Kier molecular flexibility index (Phi) is 5.54. The Balaban J connectivity index is 1.08. The average Bonchev–Trinajstić information content (AvgIpc) is 3.64. The van der Waals surface area contributed by atoms with Crippen molar-refractivity contribution in [2.75, 3.05) is 0 Å². The van der Waals surface area contributed by atoms with Gasteiger partial charge in [0.05, 0.1) is 11.0 Å². The smallest absolute Gasteiger partial charge is 0.135 e. The molecule has 0 saturated carbocycles. The van der Waals surface area contributed by atoms with Crippen molar-refractivity contribution in [1.82, 2.24) is 4.57 Å². The summed E-state index contributed by atoms with van der Waals surface area (Å²) in [5.41, 5.74) is 12.7. The summed E-state index contributed by atoms with van der Waals surface area (Å²) in [5, 5.41) is 4.84. The predicted octanol–water partition coefficient (Wildman–Crippen LogP) is 11.7. The molecule has 2 heterocycles. The highest BCUT2D eigenvalue weighted by Gasteiger charge is 2.14. The minimum absolute atomic E-state index is 0.922. The van der Waals surface area contributed by atoms with Crippen LogP contribution in [0, 0.1) is 0 Å². The lowest BCUT2D eigenvalue weighted by molar-refractivity contribution is 0.669. The van der Waals surface area contributed by atoms with Crippen LogP contribution in [0.15, 0.2) is 168 Å². The van der Waals surface area contributed by atoms with Gasteiger partial charge in [0.15, 0.2) is 0 Å². The van der Waals surface area contributed by atoms with E-state index in [2.05, 4.69) is 156 Å². The number of benzene rings is 7. The normalized spacial score (nSPS) is 11.6. The summed E-state index contributed by atoms with van der Waals surface area (Å²) in [7, 11) is 0. The van der Waals surface area contributed by atoms with Crippen LogP contribution in [0.3, 0.4) is 0 Å². The van der Waals surface area contributed by atoms with E-state index < -0.39 is 0 Å². The third-order valence-corrected chi connectivity index (χ3v) is 8.83. The van der Waals surface area contributed by atoms with Gasteiger partial charge in [-0.3, -0.25) is 0 Å². The molecule has 7 aromatic carbocycles. The second kappa shape index (κ2) is 9.86. The van der Waals surface area contributed by atoms with Gasteiger partial charge < -0.3 is 8.98 Å². The molecule has 206 valence electrons. The average molecular weight is 562 g/mol. The second-order valence-electron chi connectivity index (χ2n) is 11.4. The number of para-hydroxylation sites is 2. The number of nitrogens with zero attached hydrogens (tertiary/aromatic N) is 1. The zero-order chi connectivity index (χ0) is 29.0. The Labute approximate surface area is 255 Å². The number of hydrogen-bond acceptors (Lipinski definition) is 1. The highest BCUT2D eigenvalue weighted by Crippen LogP contribution is 2.36. The van der Waals surface area contributed by atoms with Crippen molar-refractivity contribution in [3.8, 4) is 39.1 Å². The molecule has 0 unspecified atom stereocenters. The Morgan fingerprint density at radius 2 is 0.841 bits per heavy atom. The van der Waals surface area contributed by atoms with Crippen LogP contribution in [0.5, 0.6) is 0 Å². The van der Waals surface area contributed by atoms with E-state index in [1.807, 2.05) is 12.1 Å². The van der Waals surface area contributed by atoms with Crippen molar-refractivity contribution >= 4 is 43.7 Å². The van der Waals surface area contributed by atoms with Crippen molar-refractivity contribution in [3.05, 3.63) is 164 Å². The highest BCUT2D eigenvalue weighted by molar-refractivity contribution is 6.10. The molecule has 0 aliphatic rings. The van der Waals surface area contributed by atoms with Crippen molar-refractivity contribution in [2.45, 2.75) is 0 Å². The maximum atomic E-state index is 6.03. The van der Waals surface area contributed by atoms with E-state index >= 15 is 0 Å². The van der Waals surface area contributed by atoms with E-state index in [9.17, 15) is 0 Å². The van der Waals surface area contributed by atoms with Crippen molar-refractivity contribution in [3.63, 3.8) is 0 Å². The summed E-state index contributed by atoms with van der Waals surface area (Å²) in [6, 6.07) is 58.6. The van der Waals surface area contributed by atoms with Crippen molar-refractivity contribution < 1.29 is 4.42 Å². The second-order valence-corrected chi connectivity index (χ2v) is 11.4. The Morgan fingerprint density at radius 1 is 0.318 bits per heavy atom. The molecule has 0 atom stereocenters. The minimum atomic E-state index is 0.922. The summed E-state index contributed by atoms with van der Waals surface area (Å²) in [6.45, 7) is 0. The fourth-order valence-electron chi connectivity index (χ4n) is 6.62. The zero-order valence-corrected chi connectivity index (χ0v) is 23.9. The lowest BCUT2D eigenvalue weighted by Gasteiger charge is -2.11. The van der Waals surface area contributed by atoms with Gasteiger partial charge in [-0.05, 0) is 75.8 Å². The zero-order valence-electron chi connectivity index (χ0n) is 23.9. The monoisotopic (exact) mass is 561 g/mol. The van der Waals surface area contributed by atoms with Crippen LogP contribution in [0.1, 0.15) is 0 Å². The summed E-state index contributed by atoms with van der Waals surface area (Å²) in [4.78, 5) is 0. The maximum Gasteiger partial charge on any atom is 0.135 e. The van der Waals surface area contributed by atoms with E-state index in [4.69, 9.17) is 4.42 Å². The van der Waals surface area contributed by atoms with Crippen LogP contribution >= 0.6 is 0 Å². The van der Waals surface area contributed by atoms with Crippen LogP contribution in [0.25, 0.3) is 82.8 Å². The minimum Gasteiger partial charge on any atom is -0.456 e. The first-order valence-electron chi connectivity index (χ1n) is 15.0. The SMILES string of the molecule is c1ccc(-c2ccc3c4ccccc4n(-c4ccc(-c5ccc(-c6ccc7oc8ccccc8c7c6)cc5)cc4)c3c2)cc1. The predicted molar refractivity (Wildman–Crippen MR) is 184 cm³/mol. The molecule has 0 spiro atoms. The number of furan rings is 1. The Bertz CT molecular complexity index is 2460. The van der Waals surface area contributed by atoms with Crippen LogP contribution in [-0.4, -0.2) is 4.57 Å². The molecule has 0 N–H and O–H groups in total. The summed E-state index contributed by atoms with van der Waals surface area (Å²) < 4.78 is 8.42. The molecule has 2 aromatic heterocycles. The van der Waals surface area contributed by atoms with Crippen LogP contribution in [0.4, 0.5) is 0 Å². The lowest BCUT2D eigenvalue weighted by Crippen LogP contribution is -1.94. The first-order valence-corrected chi connectivity index (χ1v) is 15.0. The maximum absolute atomic E-state index is 6.03. The largest absolute Gasteiger partial charge is 0.456 e. The van der Waals surface area contributed by atoms with Gasteiger partial charge in [0.2, 0.25) is 0 Å². The number of aromatic nitrogens is 1. The molecule has 2 heteroatoms. The summed E-state index contributed by atoms with van der Waals surface area (Å²) in [6.07, 6.45) is 0. The molecule has 0 saturated heterocycles. The number of rotatable bonds is 4. The third-order valence-electron chi connectivity index (χ3n) is 8.83. The molecule has 0 radical (unpaired) electrons. The van der Waals surface area contributed by atoms with E-state index in [1.165, 1.54) is 55.2 Å². The van der Waals surface area contributed by atoms with E-state index in [0.29, 0.717) is 0 Å². The van der Waals surface area contributed by atoms with E-state index in [0.717, 1.165) is 27.6 Å². The third kappa shape index (κ3) is 3.96. The van der Waals surface area contributed by atoms with Crippen LogP contribution in [-0.2, 0) is 0 Å². The number of hydrogen-bond donors (Lipinski definition) is 0. The molecule has 9 aromatic rings. The van der Waals surface area contributed by atoms with Gasteiger partial charge in [-0.2, -0.15) is 0 Å². The summed E-state index contributed by atoms with van der Waals surface area (Å²) >= 11 is 0.